The van der Waals surface area contributed by atoms with Gasteiger partial charge in [0.1, 0.15) is 6.29 Å². The van der Waals surface area contributed by atoms with Crippen LogP contribution in [0.2, 0.25) is 0 Å². The van der Waals surface area contributed by atoms with Gasteiger partial charge in [-0.3, -0.25) is 15.0 Å². The molecule has 1 N–H and O–H groups in total. The molecule has 3 amide bonds. The molecular formula is C14H12N2O3. The van der Waals surface area contributed by atoms with Crippen LogP contribution in [0.1, 0.15) is 5.56 Å². The van der Waals surface area contributed by atoms with Crippen LogP contribution in [0.5, 0.6) is 0 Å². The Morgan fingerprint density at radius 3 is 2.58 bits per heavy atom. The van der Waals surface area contributed by atoms with Crippen molar-refractivity contribution in [1.82, 2.24) is 10.2 Å². The van der Waals surface area contributed by atoms with E-state index >= 15 is 0 Å². The van der Waals surface area contributed by atoms with Crippen LogP contribution in [0, 0.1) is 12.5 Å². The minimum Gasteiger partial charge on any atom is -0.301 e. The van der Waals surface area contributed by atoms with Crippen molar-refractivity contribution in [3.63, 3.8) is 0 Å². The number of nitrogens with one attached hydrogen (secondary N) is 1. The number of urea groups is 1. The van der Waals surface area contributed by atoms with Gasteiger partial charge in [-0.25, -0.2) is 4.79 Å². The first-order valence-electron chi connectivity index (χ1n) is 5.43. The van der Waals surface area contributed by atoms with E-state index in [1.807, 2.05) is 29.6 Å². The Bertz CT molecular complexity index is 529. The van der Waals surface area contributed by atoms with Crippen molar-refractivity contribution in [2.45, 2.75) is 0 Å². The number of hydrogen-bond acceptors (Lipinski definition) is 3. The van der Waals surface area contributed by atoms with Crippen molar-refractivity contribution in [2.75, 3.05) is 6.54 Å². The molecule has 19 heavy (non-hydrogen) atoms. The second-order valence-electron chi connectivity index (χ2n) is 3.43. The highest BCUT2D eigenvalue weighted by Gasteiger charge is 2.17. The Balaban J connectivity index is 2.78. The summed E-state index contributed by atoms with van der Waals surface area (Å²) in [5.41, 5.74) is 0.805. The van der Waals surface area contributed by atoms with Gasteiger partial charge in [0, 0.05) is 12.1 Å². The molecule has 0 fully saturated rings. The summed E-state index contributed by atoms with van der Waals surface area (Å²) in [6.45, 7) is -0.356. The number of amides is 3. The maximum Gasteiger partial charge on any atom is 0.336 e. The predicted molar refractivity (Wildman–Crippen MR) is 70.6 cm³/mol. The summed E-state index contributed by atoms with van der Waals surface area (Å²) in [6.07, 6.45) is 8.10. The van der Waals surface area contributed by atoms with E-state index in [-0.39, 0.29) is 6.54 Å². The van der Waals surface area contributed by atoms with E-state index in [0.29, 0.717) is 11.2 Å². The van der Waals surface area contributed by atoms with Crippen LogP contribution < -0.4 is 5.32 Å². The molecule has 0 aliphatic rings. The molecule has 0 aliphatic carbocycles. The highest BCUT2D eigenvalue weighted by atomic mass is 16.2. The molecule has 0 heterocycles. The van der Waals surface area contributed by atoms with E-state index in [1.54, 1.807) is 18.2 Å². The molecular weight excluding hydrogens is 244 g/mol. The van der Waals surface area contributed by atoms with Crippen molar-refractivity contribution in [2.24, 2.45) is 0 Å². The van der Waals surface area contributed by atoms with Crippen molar-refractivity contribution >= 4 is 24.3 Å². The first kappa shape index (κ1) is 14.2. The zero-order valence-electron chi connectivity index (χ0n) is 10.1. The van der Waals surface area contributed by atoms with Crippen LogP contribution >= 0.6 is 0 Å². The van der Waals surface area contributed by atoms with Gasteiger partial charge in [0.25, 0.3) is 5.91 Å². The molecule has 0 saturated carbocycles. The smallest absolute Gasteiger partial charge is 0.301 e. The fourth-order valence-corrected chi connectivity index (χ4v) is 1.30. The SMILES string of the molecule is C#CNC(=O)N(CC=O)C(=O)/C=C/c1ccccc1. The number of carbonyl (C=O) groups excluding carboxylic acids is 3. The van der Waals surface area contributed by atoms with Crippen molar-refractivity contribution in [3.8, 4) is 12.5 Å². The summed E-state index contributed by atoms with van der Waals surface area (Å²) < 4.78 is 0. The fourth-order valence-electron chi connectivity index (χ4n) is 1.30. The summed E-state index contributed by atoms with van der Waals surface area (Å²) in [7, 11) is 0. The van der Waals surface area contributed by atoms with Crippen LogP contribution in [0.15, 0.2) is 36.4 Å². The Morgan fingerprint density at radius 2 is 2.00 bits per heavy atom. The first-order valence-corrected chi connectivity index (χ1v) is 5.43. The van der Waals surface area contributed by atoms with E-state index in [9.17, 15) is 14.4 Å². The molecule has 0 unspecified atom stereocenters. The van der Waals surface area contributed by atoms with Gasteiger partial charge in [-0.2, -0.15) is 0 Å². The average Bonchev–Trinajstić information content (AvgIpc) is 2.43. The number of imide groups is 1. The lowest BCUT2D eigenvalue weighted by Crippen LogP contribution is -2.42. The molecule has 1 aromatic rings. The van der Waals surface area contributed by atoms with Crippen LogP contribution in [-0.2, 0) is 9.59 Å². The van der Waals surface area contributed by atoms with E-state index in [2.05, 4.69) is 0 Å². The number of rotatable bonds is 4. The molecule has 0 saturated heterocycles. The Kier molecular flexibility index (Phi) is 5.57. The lowest BCUT2D eigenvalue weighted by molar-refractivity contribution is -0.125. The van der Waals surface area contributed by atoms with Gasteiger partial charge in [0.15, 0.2) is 0 Å². The minimum atomic E-state index is -0.808. The Labute approximate surface area is 110 Å². The summed E-state index contributed by atoms with van der Waals surface area (Å²) in [4.78, 5) is 34.4. The summed E-state index contributed by atoms with van der Waals surface area (Å²) in [5, 5.41) is 2.01. The van der Waals surface area contributed by atoms with Gasteiger partial charge in [-0.05, 0) is 11.6 Å². The lowest BCUT2D eigenvalue weighted by Gasteiger charge is -2.14. The topological polar surface area (TPSA) is 66.5 Å². The largest absolute Gasteiger partial charge is 0.336 e. The second-order valence-corrected chi connectivity index (χ2v) is 3.43. The zero-order chi connectivity index (χ0) is 14.1. The van der Waals surface area contributed by atoms with Crippen LogP contribution in [-0.4, -0.2) is 29.7 Å². The van der Waals surface area contributed by atoms with Gasteiger partial charge >= 0.3 is 6.03 Å². The molecule has 0 atom stereocenters. The van der Waals surface area contributed by atoms with Crippen molar-refractivity contribution in [1.29, 1.82) is 0 Å². The van der Waals surface area contributed by atoms with E-state index < -0.39 is 11.9 Å². The lowest BCUT2D eigenvalue weighted by atomic mass is 10.2. The molecule has 0 radical (unpaired) electrons. The second kappa shape index (κ2) is 7.45. The molecule has 5 heteroatoms. The van der Waals surface area contributed by atoms with E-state index in [0.717, 1.165) is 5.56 Å². The summed E-state index contributed by atoms with van der Waals surface area (Å²) >= 11 is 0. The normalized spacial score (nSPS) is 9.63. The maximum atomic E-state index is 11.8. The van der Waals surface area contributed by atoms with Gasteiger partial charge in [-0.15, -0.1) is 0 Å². The molecule has 0 aliphatic heterocycles. The third-order valence-corrected chi connectivity index (χ3v) is 2.17. The predicted octanol–water partition coefficient (Wildman–Crippen LogP) is 1.03. The van der Waals surface area contributed by atoms with Gasteiger partial charge < -0.3 is 4.79 Å². The number of nitrogens with zero attached hydrogens (tertiary/aromatic N) is 1. The molecule has 5 nitrogen and oxygen atoms in total. The fraction of sp³-hybridized carbons (Fsp3) is 0.0714. The zero-order valence-corrected chi connectivity index (χ0v) is 10.1. The van der Waals surface area contributed by atoms with E-state index in [4.69, 9.17) is 6.42 Å². The van der Waals surface area contributed by atoms with Gasteiger partial charge in [0.05, 0.1) is 6.54 Å². The molecule has 0 spiro atoms. The van der Waals surface area contributed by atoms with Crippen LogP contribution in [0.3, 0.4) is 0 Å². The van der Waals surface area contributed by atoms with Crippen LogP contribution in [0.4, 0.5) is 4.79 Å². The number of aldehydes is 1. The third kappa shape index (κ3) is 4.48. The maximum absolute atomic E-state index is 11.8. The third-order valence-electron chi connectivity index (χ3n) is 2.17. The number of hydrogen-bond donors (Lipinski definition) is 1. The first-order chi connectivity index (χ1) is 9.19. The Hall–Kier alpha value is -2.87. The summed E-state index contributed by atoms with van der Waals surface area (Å²) in [6, 6.07) is 10.2. The molecule has 0 bridgehead atoms. The molecule has 0 aromatic heterocycles. The number of terminal acetylenes is 1. The number of carbonyl (C=O) groups is 3. The standard InChI is InChI=1S/C14H12N2O3/c1-2-15-14(19)16(10-11-17)13(18)9-8-12-6-4-3-5-7-12/h1,3-9,11H,10H2,(H,15,19)/b9-8+. The van der Waals surface area contributed by atoms with Crippen LogP contribution in [0.25, 0.3) is 6.08 Å². The quantitative estimate of drug-likeness (QED) is 0.378. The average molecular weight is 256 g/mol. The number of benzene rings is 1. The molecule has 1 aromatic carbocycles. The van der Waals surface area contributed by atoms with Gasteiger partial charge in [0.2, 0.25) is 0 Å². The Morgan fingerprint density at radius 1 is 1.32 bits per heavy atom. The van der Waals surface area contributed by atoms with Crippen molar-refractivity contribution < 1.29 is 14.4 Å². The van der Waals surface area contributed by atoms with Crippen molar-refractivity contribution in [3.05, 3.63) is 42.0 Å². The highest BCUT2D eigenvalue weighted by molar-refractivity contribution is 6.03. The summed E-state index contributed by atoms with van der Waals surface area (Å²) in [5.74, 6) is -0.622. The highest BCUT2D eigenvalue weighted by Crippen LogP contribution is 2.02. The van der Waals surface area contributed by atoms with E-state index in [1.165, 1.54) is 6.08 Å². The molecule has 96 valence electrons. The minimum absolute atomic E-state index is 0.356. The molecule has 1 rings (SSSR count). The van der Waals surface area contributed by atoms with Gasteiger partial charge in [-0.1, -0.05) is 36.8 Å². The monoisotopic (exact) mass is 256 g/mol.